The number of halogens is 1. The molecule has 1 aliphatic heterocycles. The summed E-state index contributed by atoms with van der Waals surface area (Å²) in [7, 11) is 1.57. The second-order valence-electron chi connectivity index (χ2n) is 4.83. The first-order chi connectivity index (χ1) is 6.81. The largest absolute Gasteiger partial charge is 0.444 e. The highest BCUT2D eigenvalue weighted by Crippen LogP contribution is 2.15. The van der Waals surface area contributed by atoms with Gasteiger partial charge in [0.05, 0.1) is 6.04 Å². The normalized spacial score (nSPS) is 26.5. The van der Waals surface area contributed by atoms with E-state index in [0.29, 0.717) is 13.1 Å². The molecule has 0 unspecified atom stereocenters. The van der Waals surface area contributed by atoms with Crippen molar-refractivity contribution in [2.45, 2.75) is 38.6 Å². The number of amides is 1. The summed E-state index contributed by atoms with van der Waals surface area (Å²) < 4.78 is 18.5. The summed E-state index contributed by atoms with van der Waals surface area (Å²) in [4.78, 5) is 12.9. The second-order valence-corrected chi connectivity index (χ2v) is 4.83. The molecular formula is C10H19FN2O2. The highest BCUT2D eigenvalue weighted by molar-refractivity contribution is 5.68. The van der Waals surface area contributed by atoms with Crippen LogP contribution in [-0.4, -0.2) is 48.9 Å². The van der Waals surface area contributed by atoms with E-state index < -0.39 is 23.9 Å². The molecule has 88 valence electrons. The Morgan fingerprint density at radius 2 is 2.07 bits per heavy atom. The van der Waals surface area contributed by atoms with Gasteiger partial charge in [0.25, 0.3) is 0 Å². The predicted octanol–water partition coefficient (Wildman–Crippen LogP) is 1.16. The zero-order valence-electron chi connectivity index (χ0n) is 9.71. The van der Waals surface area contributed by atoms with Crippen molar-refractivity contribution in [1.29, 1.82) is 0 Å². The van der Waals surface area contributed by atoms with Crippen molar-refractivity contribution in [2.24, 2.45) is 0 Å². The van der Waals surface area contributed by atoms with E-state index in [1.165, 1.54) is 4.90 Å². The number of nitrogens with one attached hydrogen (secondary N) is 1. The summed E-state index contributed by atoms with van der Waals surface area (Å²) in [5.41, 5.74) is -0.539. The van der Waals surface area contributed by atoms with Gasteiger partial charge in [0.2, 0.25) is 0 Å². The van der Waals surface area contributed by atoms with Crippen LogP contribution in [0.2, 0.25) is 0 Å². The molecule has 0 aromatic heterocycles. The van der Waals surface area contributed by atoms with Crippen LogP contribution in [0.4, 0.5) is 9.18 Å². The molecule has 1 N–H and O–H groups in total. The molecule has 2 atom stereocenters. The van der Waals surface area contributed by atoms with E-state index in [1.54, 1.807) is 27.8 Å². The summed E-state index contributed by atoms with van der Waals surface area (Å²) in [5.74, 6) is 0. The Balaban J connectivity index is 2.52. The van der Waals surface area contributed by atoms with Crippen LogP contribution >= 0.6 is 0 Å². The summed E-state index contributed by atoms with van der Waals surface area (Å²) in [5, 5.41) is 2.90. The lowest BCUT2D eigenvalue weighted by Crippen LogP contribution is -2.45. The molecule has 1 rings (SSSR count). The van der Waals surface area contributed by atoms with Crippen molar-refractivity contribution in [2.75, 3.05) is 20.1 Å². The van der Waals surface area contributed by atoms with Gasteiger partial charge >= 0.3 is 6.09 Å². The average Bonchev–Trinajstić information content (AvgIpc) is 2.47. The van der Waals surface area contributed by atoms with Gasteiger partial charge in [0.1, 0.15) is 11.8 Å². The SMILES string of the molecule is CN(C(=O)OC(C)(C)C)[C@H]1CNC[C@H]1F. The first-order valence-corrected chi connectivity index (χ1v) is 5.12. The molecule has 0 aromatic carbocycles. The quantitative estimate of drug-likeness (QED) is 0.718. The Kier molecular flexibility index (Phi) is 3.54. The molecule has 0 saturated carbocycles. The Morgan fingerprint density at radius 3 is 2.47 bits per heavy atom. The van der Waals surface area contributed by atoms with Crippen molar-refractivity contribution in [3.8, 4) is 0 Å². The van der Waals surface area contributed by atoms with Crippen LogP contribution in [0.3, 0.4) is 0 Å². The zero-order valence-corrected chi connectivity index (χ0v) is 9.71. The molecule has 0 radical (unpaired) electrons. The van der Waals surface area contributed by atoms with Crippen LogP contribution in [0.5, 0.6) is 0 Å². The van der Waals surface area contributed by atoms with E-state index in [4.69, 9.17) is 4.74 Å². The molecule has 1 aliphatic rings. The first-order valence-electron chi connectivity index (χ1n) is 5.12. The third kappa shape index (κ3) is 3.34. The zero-order chi connectivity index (χ0) is 11.6. The van der Waals surface area contributed by atoms with Gasteiger partial charge in [0, 0.05) is 20.1 Å². The molecule has 5 heteroatoms. The van der Waals surface area contributed by atoms with E-state index in [0.717, 1.165) is 0 Å². The average molecular weight is 218 g/mol. The monoisotopic (exact) mass is 218 g/mol. The molecular weight excluding hydrogens is 199 g/mol. The number of carbonyl (C=O) groups excluding carboxylic acids is 1. The maximum absolute atomic E-state index is 13.3. The summed E-state index contributed by atoms with van der Waals surface area (Å²) in [6, 6.07) is -0.417. The number of likely N-dealkylation sites (N-methyl/N-ethyl adjacent to an activating group) is 1. The third-order valence-corrected chi connectivity index (χ3v) is 2.29. The fourth-order valence-corrected chi connectivity index (χ4v) is 1.48. The highest BCUT2D eigenvalue weighted by Gasteiger charge is 2.34. The molecule has 1 fully saturated rings. The Labute approximate surface area is 89.8 Å². The van der Waals surface area contributed by atoms with Gasteiger partial charge in [-0.1, -0.05) is 0 Å². The van der Waals surface area contributed by atoms with Crippen molar-refractivity contribution < 1.29 is 13.9 Å². The van der Waals surface area contributed by atoms with E-state index in [9.17, 15) is 9.18 Å². The third-order valence-electron chi connectivity index (χ3n) is 2.29. The summed E-state index contributed by atoms with van der Waals surface area (Å²) in [6.07, 6.45) is -1.48. The molecule has 15 heavy (non-hydrogen) atoms. The van der Waals surface area contributed by atoms with Gasteiger partial charge < -0.3 is 15.0 Å². The van der Waals surface area contributed by atoms with Gasteiger partial charge in [-0.05, 0) is 20.8 Å². The van der Waals surface area contributed by atoms with E-state index >= 15 is 0 Å². The number of hydrogen-bond acceptors (Lipinski definition) is 3. The molecule has 1 amide bonds. The fraction of sp³-hybridized carbons (Fsp3) is 0.900. The predicted molar refractivity (Wildman–Crippen MR) is 55.6 cm³/mol. The maximum atomic E-state index is 13.3. The number of nitrogens with zero attached hydrogens (tertiary/aromatic N) is 1. The smallest absolute Gasteiger partial charge is 0.410 e. The van der Waals surface area contributed by atoms with E-state index in [-0.39, 0.29) is 0 Å². The van der Waals surface area contributed by atoms with Crippen LogP contribution in [-0.2, 0) is 4.74 Å². The second kappa shape index (κ2) is 4.35. The van der Waals surface area contributed by atoms with E-state index in [2.05, 4.69) is 5.32 Å². The minimum absolute atomic E-state index is 0.303. The molecule has 0 aliphatic carbocycles. The molecule has 1 heterocycles. The van der Waals surface area contributed by atoms with Crippen molar-refractivity contribution in [3.05, 3.63) is 0 Å². The number of ether oxygens (including phenoxy) is 1. The van der Waals surface area contributed by atoms with Gasteiger partial charge in [-0.15, -0.1) is 0 Å². The molecule has 4 nitrogen and oxygen atoms in total. The summed E-state index contributed by atoms with van der Waals surface area (Å²) >= 11 is 0. The van der Waals surface area contributed by atoms with Crippen molar-refractivity contribution in [1.82, 2.24) is 10.2 Å². The minimum atomic E-state index is -1.01. The molecule has 0 spiro atoms. The standard InChI is InChI=1S/C10H19FN2O2/c1-10(2,3)15-9(14)13(4)8-6-12-5-7(8)11/h7-8,12H,5-6H2,1-4H3/t7-,8+/m1/s1. The first kappa shape index (κ1) is 12.2. The van der Waals surface area contributed by atoms with Crippen molar-refractivity contribution >= 4 is 6.09 Å². The Morgan fingerprint density at radius 1 is 1.47 bits per heavy atom. The molecule has 0 aromatic rings. The fourth-order valence-electron chi connectivity index (χ4n) is 1.48. The maximum Gasteiger partial charge on any atom is 0.410 e. The number of rotatable bonds is 1. The number of carbonyl (C=O) groups is 1. The van der Waals surface area contributed by atoms with Gasteiger partial charge in [-0.25, -0.2) is 9.18 Å². The van der Waals surface area contributed by atoms with Crippen LogP contribution in [0, 0.1) is 0 Å². The lowest BCUT2D eigenvalue weighted by molar-refractivity contribution is 0.0182. The lowest BCUT2D eigenvalue weighted by atomic mass is 10.2. The van der Waals surface area contributed by atoms with Crippen LogP contribution in [0.15, 0.2) is 0 Å². The van der Waals surface area contributed by atoms with E-state index in [1.807, 2.05) is 0 Å². The van der Waals surface area contributed by atoms with Gasteiger partial charge in [-0.3, -0.25) is 0 Å². The lowest BCUT2D eigenvalue weighted by Gasteiger charge is -2.28. The summed E-state index contributed by atoms with van der Waals surface area (Å²) in [6.45, 7) is 6.16. The van der Waals surface area contributed by atoms with Gasteiger partial charge in [-0.2, -0.15) is 0 Å². The van der Waals surface area contributed by atoms with Crippen LogP contribution in [0.25, 0.3) is 0 Å². The Bertz CT molecular complexity index is 240. The number of hydrogen-bond donors (Lipinski definition) is 1. The van der Waals surface area contributed by atoms with Crippen molar-refractivity contribution in [3.63, 3.8) is 0 Å². The number of alkyl halides is 1. The highest BCUT2D eigenvalue weighted by atomic mass is 19.1. The topological polar surface area (TPSA) is 41.6 Å². The molecule has 0 bridgehead atoms. The van der Waals surface area contributed by atoms with Crippen LogP contribution in [0.1, 0.15) is 20.8 Å². The van der Waals surface area contributed by atoms with Gasteiger partial charge in [0.15, 0.2) is 0 Å². The van der Waals surface area contributed by atoms with Crippen LogP contribution < -0.4 is 5.32 Å². The molecule has 1 saturated heterocycles. The Hall–Kier alpha value is -0.840. The minimum Gasteiger partial charge on any atom is -0.444 e.